The van der Waals surface area contributed by atoms with Gasteiger partial charge in [0.1, 0.15) is 5.82 Å². The summed E-state index contributed by atoms with van der Waals surface area (Å²) < 4.78 is 19.4. The maximum absolute atomic E-state index is 14.1. The predicted octanol–water partition coefficient (Wildman–Crippen LogP) is 4.85. The summed E-state index contributed by atoms with van der Waals surface area (Å²) >= 11 is 0. The molecule has 0 aliphatic rings. The number of benzene rings is 3. The average Bonchev–Trinajstić information content (AvgIpc) is 3.28. The molecule has 7 nitrogen and oxygen atoms in total. The second kappa shape index (κ2) is 9.04. The van der Waals surface area contributed by atoms with Crippen LogP contribution in [0.3, 0.4) is 0 Å². The van der Waals surface area contributed by atoms with Gasteiger partial charge in [0.05, 0.1) is 5.56 Å². The lowest BCUT2D eigenvalue weighted by molar-refractivity contribution is -0.119. The van der Waals surface area contributed by atoms with Crippen molar-refractivity contribution in [3.05, 3.63) is 83.2 Å². The van der Waals surface area contributed by atoms with Crippen molar-refractivity contribution in [3.63, 3.8) is 0 Å². The van der Waals surface area contributed by atoms with E-state index in [1.165, 1.54) is 13.0 Å². The van der Waals surface area contributed by atoms with E-state index < -0.39 is 17.3 Å². The van der Waals surface area contributed by atoms with E-state index in [0.717, 1.165) is 34.4 Å². The molecule has 1 aromatic heterocycles. The van der Waals surface area contributed by atoms with E-state index in [1.54, 1.807) is 0 Å². The molecule has 0 radical (unpaired) electrons. The van der Waals surface area contributed by atoms with Crippen molar-refractivity contribution in [3.8, 4) is 34.0 Å². The number of carboxylic acid groups (broad SMARTS) is 1. The summed E-state index contributed by atoms with van der Waals surface area (Å²) in [4.78, 5) is 26.9. The van der Waals surface area contributed by atoms with E-state index in [-0.39, 0.29) is 17.6 Å². The van der Waals surface area contributed by atoms with Gasteiger partial charge in [-0.25, -0.2) is 9.18 Å². The van der Waals surface area contributed by atoms with Crippen LogP contribution in [0.25, 0.3) is 34.0 Å². The number of carbonyl (C=O) groups is 2. The number of nitrogens with one attached hydrogen (secondary N) is 1. The Kier molecular flexibility index (Phi) is 5.99. The van der Waals surface area contributed by atoms with Crippen LogP contribution in [0.4, 0.5) is 4.39 Å². The molecule has 166 valence electrons. The molecule has 0 saturated heterocycles. The predicted molar refractivity (Wildman–Crippen MR) is 120 cm³/mol. The van der Waals surface area contributed by atoms with Crippen molar-refractivity contribution in [1.29, 1.82) is 0 Å². The summed E-state index contributed by atoms with van der Waals surface area (Å²) in [5.74, 6) is -2.04. The van der Waals surface area contributed by atoms with Gasteiger partial charge in [0.2, 0.25) is 11.7 Å². The van der Waals surface area contributed by atoms with Crippen molar-refractivity contribution < 1.29 is 23.6 Å². The highest BCUT2D eigenvalue weighted by Gasteiger charge is 2.17. The lowest BCUT2D eigenvalue weighted by atomic mass is 9.94. The summed E-state index contributed by atoms with van der Waals surface area (Å²) in [5, 5.41) is 15.7. The monoisotopic (exact) mass is 445 g/mol. The van der Waals surface area contributed by atoms with Gasteiger partial charge < -0.3 is 14.9 Å². The van der Waals surface area contributed by atoms with Crippen molar-refractivity contribution in [2.75, 3.05) is 0 Å². The molecule has 33 heavy (non-hydrogen) atoms. The Labute approximate surface area is 188 Å². The second-order valence-corrected chi connectivity index (χ2v) is 7.52. The quantitative estimate of drug-likeness (QED) is 0.439. The molecule has 1 amide bonds. The fourth-order valence-corrected chi connectivity index (χ4v) is 3.52. The largest absolute Gasteiger partial charge is 0.478 e. The van der Waals surface area contributed by atoms with Gasteiger partial charge in [0, 0.05) is 24.6 Å². The highest BCUT2D eigenvalue weighted by molar-refractivity contribution is 5.88. The molecule has 2 N–H and O–H groups in total. The van der Waals surface area contributed by atoms with Crippen LogP contribution in [0.1, 0.15) is 28.4 Å². The number of hydrogen-bond donors (Lipinski definition) is 2. The molecule has 0 unspecified atom stereocenters. The summed E-state index contributed by atoms with van der Waals surface area (Å²) in [6.45, 7) is 3.79. The van der Waals surface area contributed by atoms with Crippen molar-refractivity contribution in [2.24, 2.45) is 0 Å². The minimum atomic E-state index is -1.35. The van der Waals surface area contributed by atoms with Crippen molar-refractivity contribution >= 4 is 11.9 Å². The fourth-order valence-electron chi connectivity index (χ4n) is 3.52. The van der Waals surface area contributed by atoms with Crippen LogP contribution in [0, 0.1) is 12.7 Å². The van der Waals surface area contributed by atoms with E-state index in [1.807, 2.05) is 49.4 Å². The number of amides is 1. The van der Waals surface area contributed by atoms with Gasteiger partial charge in [-0.15, -0.1) is 0 Å². The summed E-state index contributed by atoms with van der Waals surface area (Å²) in [7, 11) is 0. The molecule has 4 rings (SSSR count). The molecule has 0 aliphatic heterocycles. The van der Waals surface area contributed by atoms with Crippen LogP contribution in [0.15, 0.2) is 65.2 Å². The Morgan fingerprint density at radius 3 is 2.48 bits per heavy atom. The molecule has 3 aromatic carbocycles. The zero-order valence-electron chi connectivity index (χ0n) is 17.9. The number of hydrogen-bond acceptors (Lipinski definition) is 5. The van der Waals surface area contributed by atoms with Gasteiger partial charge in [0.25, 0.3) is 5.89 Å². The number of carbonyl (C=O) groups excluding carboxylic acids is 1. The number of nitrogens with zero attached hydrogens (tertiary/aromatic N) is 2. The van der Waals surface area contributed by atoms with Crippen LogP contribution in [0.5, 0.6) is 0 Å². The number of rotatable bonds is 6. The van der Waals surface area contributed by atoms with E-state index in [4.69, 9.17) is 9.63 Å². The van der Waals surface area contributed by atoms with E-state index in [0.29, 0.717) is 17.7 Å². The third kappa shape index (κ3) is 4.64. The SMILES string of the molecule is CC(=O)NCc1cc(-c2nc(-c3ccc(C(=O)O)c(F)c3)no2)ccc1-c1ccccc1C. The molecule has 0 fully saturated rings. The Morgan fingerprint density at radius 1 is 1.03 bits per heavy atom. The number of carboxylic acids is 1. The van der Waals surface area contributed by atoms with E-state index in [9.17, 15) is 14.0 Å². The highest BCUT2D eigenvalue weighted by Crippen LogP contribution is 2.31. The van der Waals surface area contributed by atoms with Crippen molar-refractivity contribution in [2.45, 2.75) is 20.4 Å². The Balaban J connectivity index is 1.71. The zero-order chi connectivity index (χ0) is 23.5. The fraction of sp³-hybridized carbons (Fsp3) is 0.120. The van der Waals surface area contributed by atoms with Crippen LogP contribution >= 0.6 is 0 Å². The summed E-state index contributed by atoms with van der Waals surface area (Å²) in [6, 6.07) is 17.2. The van der Waals surface area contributed by atoms with Gasteiger partial charge in [-0.3, -0.25) is 4.79 Å². The lowest BCUT2D eigenvalue weighted by Crippen LogP contribution is -2.19. The van der Waals surface area contributed by atoms with E-state index in [2.05, 4.69) is 15.5 Å². The number of halogens is 1. The molecule has 8 heteroatoms. The molecular weight excluding hydrogens is 425 g/mol. The molecule has 0 atom stereocenters. The van der Waals surface area contributed by atoms with E-state index >= 15 is 0 Å². The Hall–Kier alpha value is -4.33. The van der Waals surface area contributed by atoms with Gasteiger partial charge in [0.15, 0.2) is 0 Å². The second-order valence-electron chi connectivity index (χ2n) is 7.52. The van der Waals surface area contributed by atoms with Crippen LogP contribution in [-0.2, 0) is 11.3 Å². The zero-order valence-corrected chi connectivity index (χ0v) is 17.9. The standard InChI is InChI=1S/C25H20FN3O4/c1-14-5-3-4-6-19(14)20-9-8-17(11-18(20)13-27-15(2)30)24-28-23(29-33-24)16-7-10-21(25(31)32)22(26)12-16/h3-12H,13H2,1-2H3,(H,27,30)(H,31,32). The first kappa shape index (κ1) is 21.9. The summed E-state index contributed by atoms with van der Waals surface area (Å²) in [6.07, 6.45) is 0. The molecule has 0 saturated carbocycles. The maximum atomic E-state index is 14.1. The molecule has 4 aromatic rings. The maximum Gasteiger partial charge on any atom is 0.338 e. The minimum Gasteiger partial charge on any atom is -0.478 e. The minimum absolute atomic E-state index is 0.132. The smallest absolute Gasteiger partial charge is 0.338 e. The number of aromatic carboxylic acids is 1. The van der Waals surface area contributed by atoms with Crippen molar-refractivity contribution in [1.82, 2.24) is 15.5 Å². The molecule has 0 aliphatic carbocycles. The van der Waals surface area contributed by atoms with Crippen LogP contribution < -0.4 is 5.32 Å². The number of aromatic nitrogens is 2. The first-order valence-electron chi connectivity index (χ1n) is 10.1. The third-order valence-electron chi connectivity index (χ3n) is 5.20. The molecular formula is C25H20FN3O4. The first-order chi connectivity index (χ1) is 15.8. The molecule has 0 bridgehead atoms. The van der Waals surface area contributed by atoms with Crippen LogP contribution in [0.2, 0.25) is 0 Å². The molecule has 0 spiro atoms. The number of aryl methyl sites for hydroxylation is 1. The van der Waals surface area contributed by atoms with Gasteiger partial charge in [-0.1, -0.05) is 35.5 Å². The highest BCUT2D eigenvalue weighted by atomic mass is 19.1. The van der Waals surface area contributed by atoms with Gasteiger partial charge in [-0.05, 0) is 59.5 Å². The third-order valence-corrected chi connectivity index (χ3v) is 5.20. The normalized spacial score (nSPS) is 10.8. The topological polar surface area (TPSA) is 105 Å². The average molecular weight is 445 g/mol. The Bertz CT molecular complexity index is 1360. The van der Waals surface area contributed by atoms with Gasteiger partial charge in [-0.2, -0.15) is 4.98 Å². The Morgan fingerprint density at radius 2 is 1.79 bits per heavy atom. The lowest BCUT2D eigenvalue weighted by Gasteiger charge is -2.13. The van der Waals surface area contributed by atoms with Crippen LogP contribution in [-0.4, -0.2) is 27.1 Å². The summed E-state index contributed by atoms with van der Waals surface area (Å²) in [5.41, 5.74) is 4.48. The molecule has 1 heterocycles. The van der Waals surface area contributed by atoms with Gasteiger partial charge >= 0.3 is 5.97 Å². The first-order valence-corrected chi connectivity index (χ1v) is 10.1.